The summed E-state index contributed by atoms with van der Waals surface area (Å²) >= 11 is 5.09. The van der Waals surface area contributed by atoms with Crippen molar-refractivity contribution in [3.05, 3.63) is 18.0 Å². The first-order chi connectivity index (χ1) is 8.02. The Balaban J connectivity index is 2.47. The van der Waals surface area contributed by atoms with E-state index in [4.69, 9.17) is 11.6 Å². The van der Waals surface area contributed by atoms with Gasteiger partial charge in [0.05, 0.1) is 0 Å². The lowest BCUT2D eigenvalue weighted by atomic mass is 10.3. The molecule has 0 spiro atoms. The lowest BCUT2D eigenvalue weighted by Crippen LogP contribution is -2.27. The number of halogens is 3. The van der Waals surface area contributed by atoms with Gasteiger partial charge in [0.1, 0.15) is 5.69 Å². The van der Waals surface area contributed by atoms with Gasteiger partial charge >= 0.3 is 6.55 Å². The molecule has 0 saturated carbocycles. The van der Waals surface area contributed by atoms with Crippen LogP contribution < -0.4 is 5.32 Å². The van der Waals surface area contributed by atoms with Crippen LogP contribution in [0, 0.1) is 0 Å². The SMILES string of the molecule is O=C(Cl)CCCNC(=O)c1ccnn1C(F)F. The Morgan fingerprint density at radius 3 is 2.82 bits per heavy atom. The first-order valence-electron chi connectivity index (χ1n) is 4.80. The number of carbonyl (C=O) groups excluding carboxylic acids is 2. The van der Waals surface area contributed by atoms with Crippen LogP contribution in [-0.4, -0.2) is 27.5 Å². The molecule has 1 N–H and O–H groups in total. The number of hydrogen-bond donors (Lipinski definition) is 1. The summed E-state index contributed by atoms with van der Waals surface area (Å²) in [5, 5.41) is 5.21. The molecule has 1 amide bonds. The summed E-state index contributed by atoms with van der Waals surface area (Å²) in [5.41, 5.74) is -0.225. The van der Waals surface area contributed by atoms with E-state index in [0.717, 1.165) is 6.20 Å². The molecular formula is C9H10ClF2N3O2. The maximum absolute atomic E-state index is 12.4. The van der Waals surface area contributed by atoms with Gasteiger partial charge in [0.2, 0.25) is 5.24 Å². The highest BCUT2D eigenvalue weighted by atomic mass is 35.5. The third-order valence-electron chi connectivity index (χ3n) is 1.92. The van der Waals surface area contributed by atoms with Crippen molar-refractivity contribution in [2.24, 2.45) is 0 Å². The van der Waals surface area contributed by atoms with Gasteiger partial charge in [-0.2, -0.15) is 18.6 Å². The Bertz CT molecular complexity index is 409. The monoisotopic (exact) mass is 265 g/mol. The number of amides is 1. The first-order valence-corrected chi connectivity index (χ1v) is 5.18. The van der Waals surface area contributed by atoms with Crippen molar-refractivity contribution in [3.63, 3.8) is 0 Å². The number of hydrogen-bond acceptors (Lipinski definition) is 3. The third-order valence-corrected chi connectivity index (χ3v) is 2.11. The predicted molar refractivity (Wildman–Crippen MR) is 55.9 cm³/mol. The predicted octanol–water partition coefficient (Wildman–Crippen LogP) is 1.55. The number of carbonyl (C=O) groups is 2. The van der Waals surface area contributed by atoms with Crippen LogP contribution in [0.4, 0.5) is 8.78 Å². The van der Waals surface area contributed by atoms with Gasteiger partial charge < -0.3 is 5.32 Å². The molecule has 94 valence electrons. The smallest absolute Gasteiger partial charge is 0.333 e. The van der Waals surface area contributed by atoms with Gasteiger partial charge in [-0.15, -0.1) is 0 Å². The second kappa shape index (κ2) is 6.29. The second-order valence-electron chi connectivity index (χ2n) is 3.15. The van der Waals surface area contributed by atoms with Crippen LogP contribution in [0.1, 0.15) is 29.9 Å². The number of nitrogens with zero attached hydrogens (tertiary/aromatic N) is 2. The quantitative estimate of drug-likeness (QED) is 0.627. The van der Waals surface area contributed by atoms with E-state index in [-0.39, 0.29) is 18.7 Å². The Kier molecular flexibility index (Phi) is 5.02. The van der Waals surface area contributed by atoms with E-state index in [2.05, 4.69) is 10.4 Å². The molecule has 0 aliphatic heterocycles. The minimum Gasteiger partial charge on any atom is -0.351 e. The van der Waals surface area contributed by atoms with Gasteiger partial charge in [0, 0.05) is 19.2 Å². The van der Waals surface area contributed by atoms with E-state index >= 15 is 0 Å². The molecule has 0 bridgehead atoms. The molecule has 17 heavy (non-hydrogen) atoms. The van der Waals surface area contributed by atoms with Gasteiger partial charge in [0.15, 0.2) is 0 Å². The topological polar surface area (TPSA) is 64.0 Å². The highest BCUT2D eigenvalue weighted by Gasteiger charge is 2.17. The molecule has 8 heteroatoms. The van der Waals surface area contributed by atoms with Crippen molar-refractivity contribution < 1.29 is 18.4 Å². The van der Waals surface area contributed by atoms with Crippen molar-refractivity contribution in [3.8, 4) is 0 Å². The summed E-state index contributed by atoms with van der Waals surface area (Å²) in [4.78, 5) is 21.9. The Hall–Kier alpha value is -1.50. The second-order valence-corrected chi connectivity index (χ2v) is 3.57. The molecule has 0 aliphatic rings. The van der Waals surface area contributed by atoms with Crippen LogP contribution in [-0.2, 0) is 4.79 Å². The van der Waals surface area contributed by atoms with E-state index in [1.807, 2.05) is 0 Å². The maximum Gasteiger partial charge on any atom is 0.333 e. The largest absolute Gasteiger partial charge is 0.351 e. The van der Waals surface area contributed by atoms with Gasteiger partial charge in [0.25, 0.3) is 5.91 Å². The highest BCUT2D eigenvalue weighted by molar-refractivity contribution is 6.63. The molecule has 0 fully saturated rings. The zero-order chi connectivity index (χ0) is 12.8. The van der Waals surface area contributed by atoms with Crippen LogP contribution in [0.25, 0.3) is 0 Å². The van der Waals surface area contributed by atoms with E-state index in [9.17, 15) is 18.4 Å². The minimum absolute atomic E-state index is 0.121. The molecule has 1 heterocycles. The van der Waals surface area contributed by atoms with Crippen LogP contribution >= 0.6 is 11.6 Å². The Morgan fingerprint density at radius 1 is 1.53 bits per heavy atom. The number of aromatic nitrogens is 2. The van der Waals surface area contributed by atoms with Crippen molar-refractivity contribution in [2.75, 3.05) is 6.54 Å². The van der Waals surface area contributed by atoms with Crippen molar-refractivity contribution >= 4 is 22.8 Å². The van der Waals surface area contributed by atoms with Crippen molar-refractivity contribution in [1.29, 1.82) is 0 Å². The van der Waals surface area contributed by atoms with Gasteiger partial charge in [-0.25, -0.2) is 0 Å². The molecule has 0 aromatic carbocycles. The standard InChI is InChI=1S/C9H10ClF2N3O2/c10-7(16)2-1-4-13-8(17)6-3-5-14-15(6)9(11)12/h3,5,9H,1-2,4H2,(H,13,17). The molecule has 0 unspecified atom stereocenters. The van der Waals surface area contributed by atoms with E-state index in [1.165, 1.54) is 6.07 Å². The number of rotatable bonds is 6. The van der Waals surface area contributed by atoms with Crippen molar-refractivity contribution in [2.45, 2.75) is 19.4 Å². The fourth-order valence-corrected chi connectivity index (χ4v) is 1.30. The molecule has 1 rings (SSSR count). The lowest BCUT2D eigenvalue weighted by Gasteiger charge is -2.06. The van der Waals surface area contributed by atoms with Crippen molar-refractivity contribution in [1.82, 2.24) is 15.1 Å². The molecule has 0 aliphatic carbocycles. The fraction of sp³-hybridized carbons (Fsp3) is 0.444. The lowest BCUT2D eigenvalue weighted by molar-refractivity contribution is -0.111. The molecule has 1 aromatic rings. The zero-order valence-electron chi connectivity index (χ0n) is 8.70. The van der Waals surface area contributed by atoms with E-state index in [0.29, 0.717) is 11.1 Å². The molecule has 1 aromatic heterocycles. The summed E-state index contributed by atoms with van der Waals surface area (Å²) in [6.45, 7) is -2.68. The van der Waals surface area contributed by atoms with E-state index < -0.39 is 17.7 Å². The highest BCUT2D eigenvalue weighted by Crippen LogP contribution is 2.11. The summed E-state index contributed by atoms with van der Waals surface area (Å²) < 4.78 is 25.1. The zero-order valence-corrected chi connectivity index (χ0v) is 9.45. The maximum atomic E-state index is 12.4. The molecule has 0 saturated heterocycles. The van der Waals surface area contributed by atoms with Crippen LogP contribution in [0.5, 0.6) is 0 Å². The van der Waals surface area contributed by atoms with Crippen LogP contribution in [0.2, 0.25) is 0 Å². The molecule has 5 nitrogen and oxygen atoms in total. The normalized spacial score (nSPS) is 10.6. The van der Waals surface area contributed by atoms with Gasteiger partial charge in [-0.1, -0.05) is 0 Å². The average Bonchev–Trinajstić information content (AvgIpc) is 2.72. The van der Waals surface area contributed by atoms with Crippen LogP contribution in [0.15, 0.2) is 12.3 Å². The minimum atomic E-state index is -2.87. The molecule has 0 atom stereocenters. The summed E-state index contributed by atoms with van der Waals surface area (Å²) in [6.07, 6.45) is 1.59. The Morgan fingerprint density at radius 2 is 2.24 bits per heavy atom. The van der Waals surface area contributed by atoms with Gasteiger partial charge in [-0.05, 0) is 24.1 Å². The summed E-state index contributed by atoms with van der Waals surface area (Å²) in [5.74, 6) is -0.662. The number of alkyl halides is 2. The average molecular weight is 266 g/mol. The fourth-order valence-electron chi connectivity index (χ4n) is 1.17. The summed E-state index contributed by atoms with van der Waals surface area (Å²) in [6, 6.07) is 1.19. The third kappa shape index (κ3) is 4.10. The number of nitrogens with one attached hydrogen (secondary N) is 1. The first kappa shape index (κ1) is 13.6. The molecular weight excluding hydrogens is 256 g/mol. The van der Waals surface area contributed by atoms with E-state index in [1.54, 1.807) is 0 Å². The van der Waals surface area contributed by atoms with Crippen LogP contribution in [0.3, 0.4) is 0 Å². The molecule has 0 radical (unpaired) electrons. The van der Waals surface area contributed by atoms with Gasteiger partial charge in [-0.3, -0.25) is 9.59 Å². The Labute approximate surface area is 101 Å². The summed E-state index contributed by atoms with van der Waals surface area (Å²) in [7, 11) is 0.